The minimum atomic E-state index is -0.749. The summed E-state index contributed by atoms with van der Waals surface area (Å²) in [5.74, 6) is 0. The Morgan fingerprint density at radius 3 is 2.93 bits per heavy atom. The van der Waals surface area contributed by atoms with Crippen molar-refractivity contribution in [1.29, 1.82) is 0 Å². The number of nitrogens with zero attached hydrogens (tertiary/aromatic N) is 2. The monoisotopic (exact) mass is 196 g/mol. The molecule has 1 aromatic heterocycles. The summed E-state index contributed by atoms with van der Waals surface area (Å²) in [7, 11) is 1.85. The lowest BCUT2D eigenvalue weighted by Crippen LogP contribution is -2.46. The zero-order valence-corrected chi connectivity index (χ0v) is 8.60. The third kappa shape index (κ3) is 1.55. The summed E-state index contributed by atoms with van der Waals surface area (Å²) in [6, 6.07) is 1.86. The molecular weight excluding hydrogens is 180 g/mol. The Morgan fingerprint density at radius 1 is 1.71 bits per heavy atom. The minimum absolute atomic E-state index is 0.201. The zero-order valence-electron chi connectivity index (χ0n) is 8.60. The highest BCUT2D eigenvalue weighted by atomic mass is 16.5. The van der Waals surface area contributed by atoms with Crippen molar-refractivity contribution >= 4 is 0 Å². The summed E-state index contributed by atoms with van der Waals surface area (Å²) in [5, 5.41) is 14.3. The van der Waals surface area contributed by atoms with Crippen molar-refractivity contribution in [1.82, 2.24) is 9.78 Å². The number of ether oxygens (including phenoxy) is 1. The maximum Gasteiger partial charge on any atom is 0.113 e. The molecule has 0 amide bonds. The predicted octanol–water partition coefficient (Wildman–Crippen LogP) is 0.807. The number of hydrogen-bond acceptors (Lipinski definition) is 3. The fourth-order valence-electron chi connectivity index (χ4n) is 1.92. The van der Waals surface area contributed by atoms with Gasteiger partial charge in [0.25, 0.3) is 0 Å². The molecule has 14 heavy (non-hydrogen) atoms. The van der Waals surface area contributed by atoms with Gasteiger partial charge in [0.05, 0.1) is 11.8 Å². The minimum Gasteiger partial charge on any atom is -0.383 e. The van der Waals surface area contributed by atoms with E-state index in [0.29, 0.717) is 19.4 Å². The molecule has 78 valence electrons. The van der Waals surface area contributed by atoms with Crippen LogP contribution in [0.25, 0.3) is 0 Å². The van der Waals surface area contributed by atoms with Crippen molar-refractivity contribution in [2.75, 3.05) is 6.61 Å². The standard InChI is InChI=1S/C10H16N2O2/c1-3-14-8-6-10(13,7-8)9-4-5-12(2)11-9/h4-5,8,13H,3,6-7H2,1-2H3. The molecule has 1 N–H and O–H groups in total. The summed E-state index contributed by atoms with van der Waals surface area (Å²) >= 11 is 0. The lowest BCUT2D eigenvalue weighted by atomic mass is 9.75. The van der Waals surface area contributed by atoms with Crippen LogP contribution in [0.5, 0.6) is 0 Å². The molecule has 0 unspecified atom stereocenters. The molecule has 4 nitrogen and oxygen atoms in total. The SMILES string of the molecule is CCOC1CC(O)(c2ccn(C)n2)C1. The Hall–Kier alpha value is -0.870. The van der Waals surface area contributed by atoms with Crippen molar-refractivity contribution < 1.29 is 9.84 Å². The van der Waals surface area contributed by atoms with Crippen LogP contribution < -0.4 is 0 Å². The molecule has 0 saturated heterocycles. The lowest BCUT2D eigenvalue weighted by molar-refractivity contribution is -0.145. The zero-order chi connectivity index (χ0) is 10.2. The van der Waals surface area contributed by atoms with Crippen LogP contribution in [-0.4, -0.2) is 27.6 Å². The Morgan fingerprint density at radius 2 is 2.43 bits per heavy atom. The van der Waals surface area contributed by atoms with Crippen LogP contribution in [0, 0.1) is 0 Å². The van der Waals surface area contributed by atoms with E-state index in [0.717, 1.165) is 5.69 Å². The Bertz CT molecular complexity index is 316. The molecule has 0 aromatic carbocycles. The van der Waals surface area contributed by atoms with E-state index in [2.05, 4.69) is 5.10 Å². The number of rotatable bonds is 3. The number of aromatic nitrogens is 2. The molecule has 0 radical (unpaired) electrons. The third-order valence-electron chi connectivity index (χ3n) is 2.72. The van der Waals surface area contributed by atoms with E-state index in [1.165, 1.54) is 0 Å². The van der Waals surface area contributed by atoms with Gasteiger partial charge in [-0.3, -0.25) is 4.68 Å². The van der Waals surface area contributed by atoms with Crippen LogP contribution >= 0.6 is 0 Å². The second-order valence-corrected chi connectivity index (χ2v) is 3.89. The summed E-state index contributed by atoms with van der Waals surface area (Å²) in [5.41, 5.74) is 0.0112. The van der Waals surface area contributed by atoms with Gasteiger partial charge in [-0.1, -0.05) is 0 Å². The van der Waals surface area contributed by atoms with Gasteiger partial charge in [-0.25, -0.2) is 0 Å². The first-order valence-corrected chi connectivity index (χ1v) is 4.98. The van der Waals surface area contributed by atoms with Gasteiger partial charge in [0.15, 0.2) is 0 Å². The summed E-state index contributed by atoms with van der Waals surface area (Å²) in [4.78, 5) is 0. The normalized spacial score (nSPS) is 31.5. The van der Waals surface area contributed by atoms with Crippen molar-refractivity contribution in [3.63, 3.8) is 0 Å². The van der Waals surface area contributed by atoms with Crippen molar-refractivity contribution in [3.8, 4) is 0 Å². The molecule has 1 fully saturated rings. The van der Waals surface area contributed by atoms with Crippen molar-refractivity contribution in [2.24, 2.45) is 7.05 Å². The molecule has 0 aliphatic heterocycles. The first-order chi connectivity index (χ1) is 6.64. The fourth-order valence-corrected chi connectivity index (χ4v) is 1.92. The highest BCUT2D eigenvalue weighted by Crippen LogP contribution is 2.41. The van der Waals surface area contributed by atoms with Gasteiger partial charge in [0.1, 0.15) is 5.60 Å². The molecule has 4 heteroatoms. The second-order valence-electron chi connectivity index (χ2n) is 3.89. The van der Waals surface area contributed by atoms with Crippen molar-refractivity contribution in [2.45, 2.75) is 31.5 Å². The largest absolute Gasteiger partial charge is 0.383 e. The molecular formula is C10H16N2O2. The highest BCUT2D eigenvalue weighted by Gasteiger charge is 2.46. The number of aryl methyl sites for hydroxylation is 1. The van der Waals surface area contributed by atoms with E-state index in [4.69, 9.17) is 4.74 Å². The van der Waals surface area contributed by atoms with Crippen molar-refractivity contribution in [3.05, 3.63) is 18.0 Å². The average molecular weight is 196 g/mol. The van der Waals surface area contributed by atoms with E-state index < -0.39 is 5.60 Å². The molecule has 1 aliphatic rings. The quantitative estimate of drug-likeness (QED) is 0.778. The lowest BCUT2D eigenvalue weighted by Gasteiger charge is -2.41. The Balaban J connectivity index is 2.00. The molecule has 1 aromatic rings. The predicted molar refractivity (Wildman–Crippen MR) is 51.8 cm³/mol. The first kappa shape index (κ1) is 9.68. The van der Waals surface area contributed by atoms with Crippen LogP contribution in [0.3, 0.4) is 0 Å². The summed E-state index contributed by atoms with van der Waals surface area (Å²) in [6.45, 7) is 2.68. The Kier molecular flexibility index (Phi) is 2.33. The van der Waals surface area contributed by atoms with E-state index >= 15 is 0 Å². The molecule has 0 atom stereocenters. The van der Waals surface area contributed by atoms with Gasteiger partial charge in [-0.2, -0.15) is 5.10 Å². The van der Waals surface area contributed by atoms with E-state index in [1.54, 1.807) is 4.68 Å². The van der Waals surface area contributed by atoms with Gasteiger partial charge >= 0.3 is 0 Å². The van der Waals surface area contributed by atoms with Crippen LogP contribution in [-0.2, 0) is 17.4 Å². The highest BCUT2D eigenvalue weighted by molar-refractivity contribution is 5.16. The smallest absolute Gasteiger partial charge is 0.113 e. The third-order valence-corrected chi connectivity index (χ3v) is 2.72. The average Bonchev–Trinajstić information content (AvgIpc) is 2.49. The van der Waals surface area contributed by atoms with E-state index in [1.807, 2.05) is 26.2 Å². The summed E-state index contributed by atoms with van der Waals surface area (Å²) < 4.78 is 7.12. The summed E-state index contributed by atoms with van der Waals surface area (Å²) in [6.07, 6.45) is 3.38. The van der Waals surface area contributed by atoms with E-state index in [-0.39, 0.29) is 6.10 Å². The maximum atomic E-state index is 10.1. The molecule has 2 rings (SSSR count). The molecule has 1 heterocycles. The van der Waals surface area contributed by atoms with Gasteiger partial charge in [-0.15, -0.1) is 0 Å². The van der Waals surface area contributed by atoms with Gasteiger partial charge in [-0.05, 0) is 13.0 Å². The van der Waals surface area contributed by atoms with Crippen LogP contribution in [0.1, 0.15) is 25.5 Å². The molecule has 1 saturated carbocycles. The molecule has 1 aliphatic carbocycles. The van der Waals surface area contributed by atoms with Gasteiger partial charge in [0, 0.05) is 32.7 Å². The van der Waals surface area contributed by atoms with Gasteiger partial charge < -0.3 is 9.84 Å². The molecule has 0 bridgehead atoms. The fraction of sp³-hybridized carbons (Fsp3) is 0.700. The van der Waals surface area contributed by atoms with Crippen LogP contribution in [0.15, 0.2) is 12.3 Å². The Labute approximate surface area is 83.5 Å². The van der Waals surface area contributed by atoms with E-state index in [9.17, 15) is 5.11 Å². The maximum absolute atomic E-state index is 10.1. The topological polar surface area (TPSA) is 47.3 Å². The second kappa shape index (κ2) is 3.37. The van der Waals surface area contributed by atoms with Crippen LogP contribution in [0.4, 0.5) is 0 Å². The molecule has 0 spiro atoms. The van der Waals surface area contributed by atoms with Gasteiger partial charge in [0.2, 0.25) is 0 Å². The van der Waals surface area contributed by atoms with Crippen LogP contribution in [0.2, 0.25) is 0 Å². The first-order valence-electron chi connectivity index (χ1n) is 4.98. The number of hydrogen-bond donors (Lipinski definition) is 1. The number of aliphatic hydroxyl groups is 1.